The average molecular weight is 1270 g/mol. The van der Waals surface area contributed by atoms with Crippen LogP contribution in [0.2, 0.25) is 0 Å². The molecule has 32 nitrogen and oxygen atoms in total. The molecule has 1 saturated heterocycles. The van der Waals surface area contributed by atoms with E-state index in [4.69, 9.17) is 10.8 Å². The summed E-state index contributed by atoms with van der Waals surface area (Å²) in [5.41, 5.74) is 5.65. The number of phenolic OH excluding ortho intramolecular Hbond substituents is 1. The second kappa shape index (κ2) is 38.0. The van der Waals surface area contributed by atoms with Crippen LogP contribution in [0.25, 0.3) is 0 Å². The number of nitrogens with one attached hydrogen (secondary N) is 10. The number of hydrogen-bond acceptors (Lipinski definition) is 19. The molecule has 1 aliphatic rings. The molecular weight excluding hydrogens is 1180 g/mol. The molecule has 1 aromatic carbocycles. The molecule has 17 N–H and O–H groups in total. The Balaban J connectivity index is 2.20. The normalized spacial score (nSPS) is 15.9. The van der Waals surface area contributed by atoms with Gasteiger partial charge in [0.05, 0.1) is 25.8 Å². The fourth-order valence-corrected chi connectivity index (χ4v) is 9.37. The van der Waals surface area contributed by atoms with Crippen molar-refractivity contribution in [2.45, 2.75) is 166 Å². The first-order chi connectivity index (χ1) is 41.4. The van der Waals surface area contributed by atoms with Crippen molar-refractivity contribution in [3.8, 4) is 5.75 Å². The number of nitrogens with two attached hydrogens (primary N) is 1. The van der Waals surface area contributed by atoms with Gasteiger partial charge >= 0.3 is 11.9 Å². The summed E-state index contributed by atoms with van der Waals surface area (Å²) in [5, 5.41) is 71.7. The lowest BCUT2D eigenvalue weighted by molar-refractivity contribution is -0.144. The number of carboxylic acid groups (broad SMARTS) is 2. The van der Waals surface area contributed by atoms with Gasteiger partial charge in [0.2, 0.25) is 70.8 Å². The van der Waals surface area contributed by atoms with Gasteiger partial charge in [-0.3, -0.25) is 71.9 Å². The monoisotopic (exact) mass is 1260 g/mol. The lowest BCUT2D eigenvalue weighted by Gasteiger charge is -2.33. The number of phenols is 1. The summed E-state index contributed by atoms with van der Waals surface area (Å²) in [4.78, 5) is 197. The summed E-state index contributed by atoms with van der Waals surface area (Å²) >= 11 is 1.28. The van der Waals surface area contributed by atoms with Gasteiger partial charge in [-0.25, -0.2) is 0 Å². The highest BCUT2D eigenvalue weighted by Crippen LogP contribution is 2.22. The van der Waals surface area contributed by atoms with Crippen LogP contribution in [0.4, 0.5) is 0 Å². The number of carbonyl (C=O) groups is 15. The second-order valence-electron chi connectivity index (χ2n) is 21.4. The largest absolute Gasteiger partial charge is 0.508 e. The van der Waals surface area contributed by atoms with Gasteiger partial charge in [0, 0.05) is 32.7 Å². The van der Waals surface area contributed by atoms with Crippen molar-refractivity contribution in [2.75, 3.05) is 38.3 Å². The Morgan fingerprint density at radius 1 is 0.602 bits per heavy atom. The molecule has 10 atom stereocenters. The molecule has 0 radical (unpaired) electrons. The van der Waals surface area contributed by atoms with Crippen LogP contribution in [0.3, 0.4) is 0 Å². The molecule has 12 amide bonds. The predicted octanol–water partition coefficient (Wildman–Crippen LogP) is -4.94. The zero-order valence-electron chi connectivity index (χ0n) is 50.1. The number of Topliss-reactive ketones (excluding diaryl/α,β-unsaturated/α-hetero) is 1. The summed E-state index contributed by atoms with van der Waals surface area (Å²) in [6.45, 7) is 6.29. The maximum absolute atomic E-state index is 14.3. The van der Waals surface area contributed by atoms with E-state index in [-0.39, 0.29) is 56.6 Å². The molecule has 1 heterocycles. The number of aromatic hydroxyl groups is 1. The second-order valence-corrected chi connectivity index (χ2v) is 22.4. The molecular formula is C55H84N12O20S. The molecule has 1 aromatic rings. The van der Waals surface area contributed by atoms with E-state index in [1.54, 1.807) is 40.9 Å². The van der Waals surface area contributed by atoms with Crippen molar-refractivity contribution in [1.29, 1.82) is 0 Å². The summed E-state index contributed by atoms with van der Waals surface area (Å²) in [6.07, 6.45) is -0.0515. The van der Waals surface area contributed by atoms with Gasteiger partial charge in [0.1, 0.15) is 60.1 Å². The molecule has 0 aromatic heterocycles. The van der Waals surface area contributed by atoms with Crippen molar-refractivity contribution in [3.05, 3.63) is 29.8 Å². The number of carbonyl (C=O) groups excluding carboxylic acids is 13. The number of aliphatic hydroxyl groups excluding tert-OH is 2. The highest BCUT2D eigenvalue weighted by molar-refractivity contribution is 7.98. The fourth-order valence-electron chi connectivity index (χ4n) is 8.89. The minimum absolute atomic E-state index is 0.0243. The van der Waals surface area contributed by atoms with E-state index in [0.29, 0.717) is 12.0 Å². The van der Waals surface area contributed by atoms with Gasteiger partial charge < -0.3 is 89.3 Å². The molecule has 1 unspecified atom stereocenters. The number of likely N-dealkylation sites (tertiary alicyclic amines) is 1. The Morgan fingerprint density at radius 3 is 1.60 bits per heavy atom. The summed E-state index contributed by atoms with van der Waals surface area (Å²) in [6, 6.07) is -9.09. The SMILES string of the molecule is CCC[C@H](NC(=O)C1CCCN1C(=O)[C@@H](NC(=O)[C@@H](NC(=O)[C@H](CCC(=O)O)NC(=O)[C@H](CCC(=O)O)NC(C)=O)C(C)C)C(C)C)C(=O)C(=O)NCC(=O)N[C@@H](CCSC)C(=O)N[C@@H](CO)C(=O)N[C@@H](Cc1ccc(O)cc1)C(=O)N[C@@H](CO)C(N)=O. The van der Waals surface area contributed by atoms with Crippen molar-refractivity contribution in [3.63, 3.8) is 0 Å². The maximum atomic E-state index is 14.3. The number of amides is 12. The number of aliphatic carboxylic acids is 2. The third kappa shape index (κ3) is 25.5. The molecule has 33 heteroatoms. The fraction of sp³-hybridized carbons (Fsp3) is 0.618. The summed E-state index contributed by atoms with van der Waals surface area (Å²) in [7, 11) is 0. The van der Waals surface area contributed by atoms with Crippen LogP contribution in [-0.2, 0) is 78.3 Å². The smallest absolute Gasteiger partial charge is 0.303 e. The van der Waals surface area contributed by atoms with Gasteiger partial charge in [-0.1, -0.05) is 53.2 Å². The van der Waals surface area contributed by atoms with Crippen molar-refractivity contribution >= 4 is 100 Å². The van der Waals surface area contributed by atoms with E-state index < -0.39 is 200 Å². The number of rotatable bonds is 39. The Morgan fingerprint density at radius 2 is 1.09 bits per heavy atom. The summed E-state index contributed by atoms with van der Waals surface area (Å²) < 4.78 is 0. The minimum atomic E-state index is -1.73. The van der Waals surface area contributed by atoms with E-state index in [1.165, 1.54) is 40.9 Å². The zero-order valence-corrected chi connectivity index (χ0v) is 51.0. The molecule has 2 rings (SSSR count). The minimum Gasteiger partial charge on any atom is -0.508 e. The Bertz CT molecular complexity index is 2660. The van der Waals surface area contributed by atoms with Crippen molar-refractivity contribution in [1.82, 2.24) is 58.1 Å². The third-order valence-electron chi connectivity index (χ3n) is 13.7. The average Bonchev–Trinajstić information content (AvgIpc) is 3.98. The number of hydrogen-bond donors (Lipinski definition) is 16. The quantitative estimate of drug-likeness (QED) is 0.0275. The van der Waals surface area contributed by atoms with Gasteiger partial charge in [-0.15, -0.1) is 0 Å². The van der Waals surface area contributed by atoms with Crippen LogP contribution in [0.1, 0.15) is 105 Å². The van der Waals surface area contributed by atoms with Gasteiger partial charge in [0.25, 0.3) is 5.91 Å². The van der Waals surface area contributed by atoms with E-state index in [0.717, 1.165) is 6.92 Å². The summed E-state index contributed by atoms with van der Waals surface area (Å²) in [5.74, 6) is -16.5. The number of aliphatic hydroxyl groups is 2. The van der Waals surface area contributed by atoms with E-state index in [2.05, 4.69) is 53.2 Å². The maximum Gasteiger partial charge on any atom is 0.303 e. The number of ketones is 1. The molecule has 1 fully saturated rings. The standard InChI is InChI=1S/C55H84N12O20S/c1-8-10-32(45(77)54(86)57-24-40(72)59-35(20-22-88-7)48(80)64-38(26-69)51(83)62-36(23-30-12-14-31(71)15-13-30)50(82)63-37(25-68)46(56)78)60-52(84)39-11-9-21-67(39)55(87)44(28(4)5)66-53(85)43(27(2)3)65-49(81)34(17-19-42(75)76)61-47(79)33(58-29(6)70)16-18-41(73)74/h12-15,27-28,32-39,43-44,68-69,71H,8-11,16-26H2,1-7H3,(H2,56,78)(H,57,86)(H,58,70)(H,59,72)(H,60,84)(H,61,79)(H,62,83)(H,63,82)(H,64,80)(H,65,81)(H,66,85)(H,73,74)(H,75,76)/t32-,33-,34-,35-,36-,37-,38-,39?,43-,44-/m0/s1. The van der Waals surface area contributed by atoms with E-state index in [9.17, 15) is 92.3 Å². The number of thioether (sulfide) groups is 1. The topological polar surface area (TPSA) is 507 Å². The number of benzene rings is 1. The first kappa shape index (κ1) is 75.6. The molecule has 0 saturated carbocycles. The number of carboxylic acids is 2. The van der Waals surface area contributed by atoms with Crippen LogP contribution < -0.4 is 58.9 Å². The number of nitrogens with zero attached hydrogens (tertiary/aromatic N) is 1. The molecule has 0 bridgehead atoms. The highest BCUT2D eigenvalue weighted by atomic mass is 32.2. The van der Waals surface area contributed by atoms with Gasteiger partial charge in [-0.2, -0.15) is 11.8 Å². The van der Waals surface area contributed by atoms with Crippen molar-refractivity contribution < 1.29 is 97.5 Å². The number of primary amides is 1. The first-order valence-electron chi connectivity index (χ1n) is 28.4. The van der Waals surface area contributed by atoms with E-state index in [1.807, 2.05) is 0 Å². The van der Waals surface area contributed by atoms with Crippen LogP contribution in [0, 0.1) is 11.8 Å². The van der Waals surface area contributed by atoms with Gasteiger partial charge in [-0.05, 0) is 80.1 Å². The highest BCUT2D eigenvalue weighted by Gasteiger charge is 2.42. The Labute approximate surface area is 511 Å². The Kier molecular flexibility index (Phi) is 32.6. The predicted molar refractivity (Wildman–Crippen MR) is 312 cm³/mol. The lowest BCUT2D eigenvalue weighted by atomic mass is 9.98. The van der Waals surface area contributed by atoms with Crippen LogP contribution in [-0.4, -0.2) is 218 Å². The Hall–Kier alpha value is -8.46. The third-order valence-corrected chi connectivity index (χ3v) is 14.4. The zero-order chi connectivity index (χ0) is 66.5. The van der Waals surface area contributed by atoms with Crippen LogP contribution >= 0.6 is 11.8 Å². The molecule has 0 spiro atoms. The van der Waals surface area contributed by atoms with Crippen LogP contribution in [0.15, 0.2) is 24.3 Å². The van der Waals surface area contributed by atoms with Crippen molar-refractivity contribution in [2.24, 2.45) is 17.6 Å². The van der Waals surface area contributed by atoms with Gasteiger partial charge in [0.15, 0.2) is 0 Å². The first-order valence-corrected chi connectivity index (χ1v) is 29.8. The van der Waals surface area contributed by atoms with E-state index >= 15 is 0 Å². The molecule has 88 heavy (non-hydrogen) atoms. The molecule has 0 aliphatic carbocycles. The lowest BCUT2D eigenvalue weighted by Crippen LogP contribution is -2.61. The molecule has 1 aliphatic heterocycles. The van der Waals surface area contributed by atoms with Crippen LogP contribution in [0.5, 0.6) is 5.75 Å². The molecule has 490 valence electrons.